The summed E-state index contributed by atoms with van der Waals surface area (Å²) in [4.78, 5) is 6.61. The van der Waals surface area contributed by atoms with Gasteiger partial charge in [-0.1, -0.05) is 13.8 Å². The van der Waals surface area contributed by atoms with E-state index in [1.54, 1.807) is 17.8 Å². The third-order valence-electron chi connectivity index (χ3n) is 7.26. The number of methoxy groups -OCH3 is 1. The lowest BCUT2D eigenvalue weighted by molar-refractivity contribution is 0.114. The Hall–Kier alpha value is -3.54. The van der Waals surface area contributed by atoms with Gasteiger partial charge in [-0.15, -0.1) is 0 Å². The number of halogens is 1. The molecule has 0 spiro atoms. The van der Waals surface area contributed by atoms with Crippen molar-refractivity contribution in [2.24, 2.45) is 5.92 Å². The first-order valence-electron chi connectivity index (χ1n) is 13.5. The summed E-state index contributed by atoms with van der Waals surface area (Å²) in [5.41, 5.74) is 5.09. The van der Waals surface area contributed by atoms with E-state index in [2.05, 4.69) is 31.9 Å². The molecule has 208 valence electrons. The van der Waals surface area contributed by atoms with E-state index in [0.717, 1.165) is 68.2 Å². The quantitative estimate of drug-likeness (QED) is 0.353. The van der Waals surface area contributed by atoms with Gasteiger partial charge in [0.1, 0.15) is 5.82 Å². The maximum Gasteiger partial charge on any atom is 0.168 e. The number of hydrogen-bond acceptors (Lipinski definition) is 8. The molecule has 6 heterocycles. The van der Waals surface area contributed by atoms with Crippen LogP contribution in [0.15, 0.2) is 36.8 Å². The molecule has 6 rings (SSSR count). The Balaban J connectivity index is 0.00000151. The summed E-state index contributed by atoms with van der Waals surface area (Å²) in [5, 5.41) is 22.8. The van der Waals surface area contributed by atoms with Crippen LogP contribution < -0.4 is 14.8 Å². The van der Waals surface area contributed by atoms with Crippen LogP contribution in [0, 0.1) is 18.7 Å². The topological polar surface area (TPSA) is 102 Å². The standard InChI is InChI=1S/C26H30FN7O3.C2H6/c1-16-21-14-32(12-17-8-28-9-17)5-6-33(21)31-25(16)18-7-22(26-23(36-2)11-30-34(26)13-18)37-24(15-35)20-4-3-19(27)10-29-20;1-2/h3-4,7,10-11,13,17,24,28,35H,5-6,8-9,12,14-15H2,1-2H3;1-2H3. The summed E-state index contributed by atoms with van der Waals surface area (Å²) in [6, 6.07) is 4.69. The number of nitrogens with one attached hydrogen (secondary N) is 1. The monoisotopic (exact) mass is 537 g/mol. The second-order valence-corrected chi connectivity index (χ2v) is 9.69. The van der Waals surface area contributed by atoms with Crippen LogP contribution in [0.25, 0.3) is 16.8 Å². The molecule has 1 unspecified atom stereocenters. The molecule has 0 aliphatic carbocycles. The maximum absolute atomic E-state index is 13.4. The van der Waals surface area contributed by atoms with Crippen molar-refractivity contribution >= 4 is 5.52 Å². The van der Waals surface area contributed by atoms with Crippen LogP contribution in [0.2, 0.25) is 0 Å². The van der Waals surface area contributed by atoms with E-state index in [1.165, 1.54) is 17.8 Å². The molecular weight excluding hydrogens is 501 g/mol. The van der Waals surface area contributed by atoms with Crippen LogP contribution in [0.4, 0.5) is 4.39 Å². The van der Waals surface area contributed by atoms with Gasteiger partial charge in [-0.25, -0.2) is 8.91 Å². The number of rotatable bonds is 8. The van der Waals surface area contributed by atoms with Gasteiger partial charge in [0, 0.05) is 44.5 Å². The highest BCUT2D eigenvalue weighted by Crippen LogP contribution is 2.37. The molecule has 0 saturated carbocycles. The SMILES string of the molecule is CC.COc1cnn2cc(-c3nn4c(c3C)CN(CC3CNC3)CC4)cc(OC(CO)c3ccc(F)cn3)c12. The van der Waals surface area contributed by atoms with E-state index in [9.17, 15) is 9.50 Å². The molecule has 1 saturated heterocycles. The third-order valence-corrected chi connectivity index (χ3v) is 7.26. The van der Waals surface area contributed by atoms with Gasteiger partial charge in [0.15, 0.2) is 23.1 Å². The van der Waals surface area contributed by atoms with Crippen LogP contribution in [0.1, 0.15) is 36.9 Å². The predicted octanol–water partition coefficient (Wildman–Crippen LogP) is 3.22. The van der Waals surface area contributed by atoms with Crippen molar-refractivity contribution in [2.45, 2.75) is 40.0 Å². The second-order valence-electron chi connectivity index (χ2n) is 9.69. The van der Waals surface area contributed by atoms with Crippen LogP contribution >= 0.6 is 0 Å². The van der Waals surface area contributed by atoms with Crippen LogP contribution in [-0.4, -0.2) is 74.3 Å². The number of ether oxygens (including phenoxy) is 2. The first-order valence-corrected chi connectivity index (χ1v) is 13.5. The predicted molar refractivity (Wildman–Crippen MR) is 145 cm³/mol. The normalized spacial score (nSPS) is 16.3. The summed E-state index contributed by atoms with van der Waals surface area (Å²) in [6.07, 6.45) is 3.84. The molecule has 1 atom stereocenters. The lowest BCUT2D eigenvalue weighted by atomic mass is 10.0. The Bertz CT molecular complexity index is 1420. The van der Waals surface area contributed by atoms with Gasteiger partial charge in [0.2, 0.25) is 0 Å². The van der Waals surface area contributed by atoms with Crippen LogP contribution in [0.5, 0.6) is 11.5 Å². The van der Waals surface area contributed by atoms with Crippen molar-refractivity contribution in [3.05, 3.63) is 59.6 Å². The van der Waals surface area contributed by atoms with Crippen molar-refractivity contribution in [3.63, 3.8) is 0 Å². The van der Waals surface area contributed by atoms with Gasteiger partial charge in [0.25, 0.3) is 0 Å². The molecule has 0 radical (unpaired) electrons. The van der Waals surface area contributed by atoms with Gasteiger partial charge < -0.3 is 19.9 Å². The van der Waals surface area contributed by atoms with Gasteiger partial charge >= 0.3 is 0 Å². The molecule has 2 N–H and O–H groups in total. The van der Waals surface area contributed by atoms with Crippen molar-refractivity contribution in [1.82, 2.24) is 34.6 Å². The summed E-state index contributed by atoms with van der Waals surface area (Å²) < 4.78 is 29.0. The Kier molecular flexibility index (Phi) is 8.10. The number of fused-ring (bicyclic) bond motifs is 2. The van der Waals surface area contributed by atoms with Crippen molar-refractivity contribution in [2.75, 3.05) is 39.9 Å². The van der Waals surface area contributed by atoms with Crippen molar-refractivity contribution in [1.29, 1.82) is 0 Å². The molecule has 39 heavy (non-hydrogen) atoms. The van der Waals surface area contributed by atoms with Crippen LogP contribution in [0.3, 0.4) is 0 Å². The first-order chi connectivity index (χ1) is 19.0. The summed E-state index contributed by atoms with van der Waals surface area (Å²) >= 11 is 0. The van der Waals surface area contributed by atoms with Gasteiger partial charge in [-0.3, -0.25) is 14.6 Å². The minimum Gasteiger partial charge on any atom is -0.493 e. The first kappa shape index (κ1) is 27.0. The fraction of sp³-hybridized carbons (Fsp3) is 0.464. The molecule has 4 aromatic heterocycles. The highest BCUT2D eigenvalue weighted by molar-refractivity contribution is 5.75. The molecule has 0 aromatic carbocycles. The third kappa shape index (κ3) is 5.34. The molecule has 1 fully saturated rings. The molecule has 2 aliphatic rings. The molecule has 2 aliphatic heterocycles. The van der Waals surface area contributed by atoms with Crippen molar-refractivity contribution < 1.29 is 19.0 Å². The highest BCUT2D eigenvalue weighted by Gasteiger charge is 2.27. The molecule has 0 bridgehead atoms. The number of pyridine rings is 2. The van der Waals surface area contributed by atoms with Gasteiger partial charge in [-0.05, 0) is 36.6 Å². The minimum atomic E-state index is -0.801. The summed E-state index contributed by atoms with van der Waals surface area (Å²) in [6.45, 7) is 11.8. The molecule has 4 aromatic rings. The zero-order valence-corrected chi connectivity index (χ0v) is 22.9. The lowest BCUT2D eigenvalue weighted by Gasteiger charge is -2.35. The van der Waals surface area contributed by atoms with E-state index in [0.29, 0.717) is 22.7 Å². The van der Waals surface area contributed by atoms with Gasteiger partial charge in [-0.2, -0.15) is 10.2 Å². The average molecular weight is 538 g/mol. The molecule has 11 heteroatoms. The van der Waals surface area contributed by atoms with E-state index in [-0.39, 0.29) is 6.61 Å². The fourth-order valence-electron chi connectivity index (χ4n) is 5.12. The smallest absolute Gasteiger partial charge is 0.168 e. The lowest BCUT2D eigenvalue weighted by Crippen LogP contribution is -2.49. The van der Waals surface area contributed by atoms with Crippen molar-refractivity contribution in [3.8, 4) is 22.8 Å². The summed E-state index contributed by atoms with van der Waals surface area (Å²) in [7, 11) is 1.57. The molecule has 10 nitrogen and oxygen atoms in total. The number of aromatic nitrogens is 5. The van der Waals surface area contributed by atoms with Crippen LogP contribution in [-0.2, 0) is 13.1 Å². The fourth-order valence-corrected chi connectivity index (χ4v) is 5.12. The minimum absolute atomic E-state index is 0.338. The highest BCUT2D eigenvalue weighted by atomic mass is 19.1. The zero-order chi connectivity index (χ0) is 27.5. The molecular formula is C28H36FN7O3. The van der Waals surface area contributed by atoms with E-state index < -0.39 is 11.9 Å². The largest absolute Gasteiger partial charge is 0.493 e. The number of hydrogen-bond donors (Lipinski definition) is 2. The van der Waals surface area contributed by atoms with E-state index in [1.807, 2.05) is 26.1 Å². The number of aliphatic hydroxyl groups is 1. The average Bonchev–Trinajstić information content (AvgIpc) is 3.51. The van der Waals surface area contributed by atoms with E-state index in [4.69, 9.17) is 14.6 Å². The zero-order valence-electron chi connectivity index (χ0n) is 22.9. The Morgan fingerprint density at radius 3 is 2.67 bits per heavy atom. The van der Waals surface area contributed by atoms with E-state index >= 15 is 0 Å². The second kappa shape index (κ2) is 11.7. The maximum atomic E-state index is 13.4. The Labute approximate surface area is 227 Å². The Morgan fingerprint density at radius 1 is 1.18 bits per heavy atom. The van der Waals surface area contributed by atoms with Gasteiger partial charge in [0.05, 0.1) is 49.7 Å². The number of aliphatic hydroxyl groups excluding tert-OH is 1. The summed E-state index contributed by atoms with van der Waals surface area (Å²) in [5.74, 6) is 1.26. The molecule has 0 amide bonds. The Morgan fingerprint density at radius 2 is 2.00 bits per heavy atom. The number of nitrogens with zero attached hydrogens (tertiary/aromatic N) is 6.